The predicted molar refractivity (Wildman–Crippen MR) is 126 cm³/mol. The van der Waals surface area contributed by atoms with Crippen molar-refractivity contribution < 1.29 is 18.8 Å². The van der Waals surface area contributed by atoms with Crippen molar-refractivity contribution in [2.45, 2.75) is 38.3 Å². The normalized spacial score (nSPS) is 19.2. The molecule has 0 bridgehead atoms. The molecule has 2 aromatic rings. The monoisotopic (exact) mass is 488 g/mol. The Kier molecular flexibility index (Phi) is 7.27. The number of amides is 1. The molecule has 0 aliphatic carbocycles. The lowest BCUT2D eigenvalue weighted by atomic mass is 9.89. The molecule has 34 heavy (non-hydrogen) atoms. The average Bonchev–Trinajstić information content (AvgIpc) is 3.19. The van der Waals surface area contributed by atoms with Gasteiger partial charge in [0, 0.05) is 6.54 Å². The van der Waals surface area contributed by atoms with Crippen LogP contribution in [-0.2, 0) is 11.3 Å². The van der Waals surface area contributed by atoms with E-state index in [0.29, 0.717) is 41.6 Å². The number of halogens is 1. The molecule has 1 atom stereocenters. The minimum absolute atomic E-state index is 0.0706. The van der Waals surface area contributed by atoms with Gasteiger partial charge >= 0.3 is 11.9 Å². The molecule has 4 rings (SSSR count). The smallest absolute Gasteiger partial charge is 0.414 e. The summed E-state index contributed by atoms with van der Waals surface area (Å²) in [5.41, 5.74) is 1.77. The lowest BCUT2D eigenvalue weighted by molar-refractivity contribution is -0.389. The summed E-state index contributed by atoms with van der Waals surface area (Å²) in [5.74, 6) is -0.539. The number of likely N-dealkylation sites (tertiary alicyclic amines) is 1. The Labute approximate surface area is 201 Å². The topological polar surface area (TPSA) is 114 Å². The molecular weight excluding hydrogens is 463 g/mol. The first kappa shape index (κ1) is 23.9. The Balaban J connectivity index is 1.33. The maximum absolute atomic E-state index is 15.0. The minimum atomic E-state index is -0.577. The third-order valence-electron chi connectivity index (χ3n) is 6.04. The molecule has 0 saturated carbocycles. The largest absolute Gasteiger partial charge is 0.442 e. The first-order valence-corrected chi connectivity index (χ1v) is 11.4. The highest BCUT2D eigenvalue weighted by Gasteiger charge is 2.33. The summed E-state index contributed by atoms with van der Waals surface area (Å²) in [6, 6.07) is 4.92. The third-order valence-corrected chi connectivity index (χ3v) is 6.18. The van der Waals surface area contributed by atoms with Crippen LogP contribution in [0.3, 0.4) is 0 Å². The first-order valence-electron chi connectivity index (χ1n) is 11.0. The summed E-state index contributed by atoms with van der Waals surface area (Å²) in [4.78, 5) is 34.5. The molecule has 0 unspecified atom stereocenters. The maximum atomic E-state index is 15.0. The summed E-state index contributed by atoms with van der Waals surface area (Å²) >= 11 is 4.98. The Hall–Kier alpha value is -3.25. The van der Waals surface area contributed by atoms with E-state index in [1.54, 1.807) is 19.1 Å². The Morgan fingerprint density at radius 1 is 1.32 bits per heavy atom. The Morgan fingerprint density at radius 3 is 2.71 bits per heavy atom. The summed E-state index contributed by atoms with van der Waals surface area (Å²) < 4.78 is 20.4. The van der Waals surface area contributed by atoms with Gasteiger partial charge in [0.1, 0.15) is 18.1 Å². The number of carbonyl (C=O) groups excluding carboxylic acids is 1. The number of hydrogen-bond donors (Lipinski definition) is 1. The van der Waals surface area contributed by atoms with Crippen molar-refractivity contribution in [1.82, 2.24) is 20.2 Å². The number of hydrogen-bond acceptors (Lipinski definition) is 8. The molecule has 0 spiro atoms. The second kappa shape index (κ2) is 10.3. The molecule has 1 aromatic heterocycles. The number of rotatable bonds is 7. The standard InChI is InChI=1S/C22H25FN6O4S/c1-14(34)24-10-18-13-28(22(30)33-18)17-2-3-19(20(23)8-17)15-4-6-27(7-5-15)12-16-9-26-21(11-25-16)29(31)32/h2-3,8-9,11,15,18H,4-7,10,12-13H2,1H3,(H,24,34)/t18-/m0/s1. The van der Waals surface area contributed by atoms with Crippen molar-refractivity contribution in [2.24, 2.45) is 0 Å². The van der Waals surface area contributed by atoms with Crippen LogP contribution in [0.1, 0.15) is 36.9 Å². The van der Waals surface area contributed by atoms with Crippen LogP contribution in [0.25, 0.3) is 0 Å². The van der Waals surface area contributed by atoms with Crippen molar-refractivity contribution in [3.8, 4) is 0 Å². The summed E-state index contributed by atoms with van der Waals surface area (Å²) in [6.45, 7) is 4.54. The molecule has 2 aliphatic heterocycles. The average molecular weight is 489 g/mol. The van der Waals surface area contributed by atoms with E-state index >= 15 is 4.39 Å². The van der Waals surface area contributed by atoms with Crippen LogP contribution < -0.4 is 10.2 Å². The van der Waals surface area contributed by atoms with E-state index in [9.17, 15) is 14.9 Å². The van der Waals surface area contributed by atoms with Crippen LogP contribution in [0.5, 0.6) is 0 Å². The summed E-state index contributed by atoms with van der Waals surface area (Å²) in [7, 11) is 0. The minimum Gasteiger partial charge on any atom is -0.442 e. The van der Waals surface area contributed by atoms with Gasteiger partial charge in [-0.15, -0.1) is 0 Å². The molecular formula is C22H25FN6O4S. The number of carbonyl (C=O) groups is 1. The fourth-order valence-corrected chi connectivity index (χ4v) is 4.35. The number of nitrogens with zero attached hydrogens (tertiary/aromatic N) is 5. The highest BCUT2D eigenvalue weighted by molar-refractivity contribution is 7.80. The number of piperidine rings is 1. The van der Waals surface area contributed by atoms with Gasteiger partial charge in [0.05, 0.1) is 29.5 Å². The van der Waals surface area contributed by atoms with Gasteiger partial charge < -0.3 is 20.2 Å². The van der Waals surface area contributed by atoms with E-state index in [2.05, 4.69) is 20.2 Å². The summed E-state index contributed by atoms with van der Waals surface area (Å²) in [6.07, 6.45) is 3.28. The Morgan fingerprint density at radius 2 is 2.09 bits per heavy atom. The van der Waals surface area contributed by atoms with E-state index in [1.807, 2.05) is 0 Å². The van der Waals surface area contributed by atoms with Gasteiger partial charge in [-0.3, -0.25) is 9.80 Å². The highest BCUT2D eigenvalue weighted by Crippen LogP contribution is 2.33. The van der Waals surface area contributed by atoms with Crippen LogP contribution in [0.4, 0.5) is 20.7 Å². The number of anilines is 1. The van der Waals surface area contributed by atoms with Crippen LogP contribution in [0.2, 0.25) is 0 Å². The van der Waals surface area contributed by atoms with Crippen molar-refractivity contribution in [1.29, 1.82) is 0 Å². The van der Waals surface area contributed by atoms with Crippen LogP contribution in [0, 0.1) is 15.9 Å². The zero-order chi connectivity index (χ0) is 24.2. The molecule has 3 heterocycles. The molecule has 2 aliphatic rings. The van der Waals surface area contributed by atoms with E-state index in [0.717, 1.165) is 32.1 Å². The second-order valence-corrected chi connectivity index (χ2v) is 9.05. The van der Waals surface area contributed by atoms with Gasteiger partial charge in [0.25, 0.3) is 0 Å². The van der Waals surface area contributed by atoms with Gasteiger partial charge in [-0.25, -0.2) is 14.2 Å². The van der Waals surface area contributed by atoms with E-state index < -0.39 is 11.0 Å². The Bertz CT molecular complexity index is 1080. The number of benzene rings is 1. The van der Waals surface area contributed by atoms with Crippen LogP contribution in [0.15, 0.2) is 30.6 Å². The zero-order valence-corrected chi connectivity index (χ0v) is 19.5. The molecule has 180 valence electrons. The van der Waals surface area contributed by atoms with Crippen molar-refractivity contribution in [3.63, 3.8) is 0 Å². The van der Waals surface area contributed by atoms with E-state index in [4.69, 9.17) is 17.0 Å². The predicted octanol–water partition coefficient (Wildman–Crippen LogP) is 3.17. The molecule has 2 fully saturated rings. The van der Waals surface area contributed by atoms with E-state index in [1.165, 1.54) is 17.2 Å². The quantitative estimate of drug-likeness (QED) is 0.357. The number of nitrogens with one attached hydrogen (secondary N) is 1. The third kappa shape index (κ3) is 5.62. The van der Waals surface area contributed by atoms with Gasteiger partial charge in [0.15, 0.2) is 6.20 Å². The first-order chi connectivity index (χ1) is 16.3. The van der Waals surface area contributed by atoms with Crippen molar-refractivity contribution >= 4 is 34.8 Å². The highest BCUT2D eigenvalue weighted by atomic mass is 32.1. The number of nitro groups is 1. The molecule has 1 amide bonds. The SMILES string of the molecule is CC(=S)NC[C@H]1CN(c2ccc(C3CCN(Cc4cnc([N+](=O)[O-])cn4)CC3)c(F)c2)C(=O)O1. The molecule has 0 radical (unpaired) electrons. The number of ether oxygens (including phenoxy) is 1. The fraction of sp³-hybridized carbons (Fsp3) is 0.455. The van der Waals surface area contributed by atoms with Crippen molar-refractivity contribution in [2.75, 3.05) is 31.1 Å². The second-order valence-electron chi connectivity index (χ2n) is 8.43. The molecule has 1 aromatic carbocycles. The summed E-state index contributed by atoms with van der Waals surface area (Å²) in [5, 5.41) is 13.7. The zero-order valence-electron chi connectivity index (χ0n) is 18.6. The molecule has 12 heteroatoms. The molecule has 10 nitrogen and oxygen atoms in total. The molecule has 2 saturated heterocycles. The number of thiocarbonyl (C=S) groups is 1. The van der Waals surface area contributed by atoms with E-state index in [-0.39, 0.29) is 23.7 Å². The fourth-order valence-electron chi connectivity index (χ4n) is 4.27. The van der Waals surface area contributed by atoms with Gasteiger partial charge in [-0.2, -0.15) is 0 Å². The van der Waals surface area contributed by atoms with Gasteiger partial charge in [0.2, 0.25) is 0 Å². The van der Waals surface area contributed by atoms with Gasteiger partial charge in [-0.05, 0) is 66.4 Å². The van der Waals surface area contributed by atoms with Crippen LogP contribution in [-0.4, -0.2) is 63.2 Å². The lowest BCUT2D eigenvalue weighted by Crippen LogP contribution is -2.33. The van der Waals surface area contributed by atoms with Crippen molar-refractivity contribution in [3.05, 3.63) is 57.8 Å². The number of aromatic nitrogens is 2. The molecule has 1 N–H and O–H groups in total. The maximum Gasteiger partial charge on any atom is 0.414 e. The van der Waals surface area contributed by atoms with Gasteiger partial charge in [-0.1, -0.05) is 18.3 Å². The lowest BCUT2D eigenvalue weighted by Gasteiger charge is -2.32. The number of cyclic esters (lactones) is 1. The van der Waals surface area contributed by atoms with Crippen LogP contribution >= 0.6 is 12.2 Å².